The van der Waals surface area contributed by atoms with Crippen LogP contribution in [0.1, 0.15) is 129 Å². The van der Waals surface area contributed by atoms with Gasteiger partial charge in [0.1, 0.15) is 6.54 Å². The van der Waals surface area contributed by atoms with Crippen LogP contribution in [0.25, 0.3) is 0 Å². The number of hydrogen-bond donors (Lipinski definition) is 3. The summed E-state index contributed by atoms with van der Waals surface area (Å²) in [6.07, 6.45) is 31.3. The lowest BCUT2D eigenvalue weighted by Crippen LogP contribution is -2.49. The zero-order chi connectivity index (χ0) is 26.5. The van der Waals surface area contributed by atoms with Gasteiger partial charge in [-0.15, -0.1) is 0 Å². The topological polar surface area (TPSA) is 77.8 Å². The van der Waals surface area contributed by atoms with Gasteiger partial charge in [-0.05, 0) is 51.4 Å². The molecule has 0 aromatic rings. The number of rotatable bonds is 24. The molecule has 0 rings (SSSR count). The number of likely N-dealkylation sites (N-methyl/N-ethyl adjacent to an activating group) is 1. The predicted octanol–water partition coefficient (Wildman–Crippen LogP) is 8.10. The van der Waals surface area contributed by atoms with Crippen molar-refractivity contribution in [3.05, 3.63) is 24.3 Å². The molecule has 1 atom stereocenters. The molecular weight excluding hydrogens is 457 g/mol. The molecule has 0 spiro atoms. The van der Waals surface area contributed by atoms with Crippen molar-refractivity contribution in [2.24, 2.45) is 0 Å². The van der Waals surface area contributed by atoms with E-state index in [1.807, 2.05) is 21.1 Å². The summed E-state index contributed by atoms with van der Waals surface area (Å²) in [5.41, 5.74) is 0. The highest BCUT2D eigenvalue weighted by Crippen LogP contribution is 2.52. The molecule has 0 aliphatic rings. The van der Waals surface area contributed by atoms with Crippen LogP contribution < -0.4 is 0 Å². The molecule has 0 amide bonds. The number of quaternary nitrogens is 1. The van der Waals surface area contributed by atoms with Gasteiger partial charge in [-0.1, -0.05) is 102 Å². The average molecular weight is 517 g/mol. The van der Waals surface area contributed by atoms with Crippen LogP contribution in [-0.4, -0.2) is 52.4 Å². The summed E-state index contributed by atoms with van der Waals surface area (Å²) in [5, 5.41) is 8.66. The van der Waals surface area contributed by atoms with E-state index in [4.69, 9.17) is 0 Å². The van der Waals surface area contributed by atoms with E-state index < -0.39 is 12.9 Å². The summed E-state index contributed by atoms with van der Waals surface area (Å²) in [7, 11) is 0.980. The molecule has 5 nitrogen and oxygen atoms in total. The maximum absolute atomic E-state index is 11.8. The van der Waals surface area contributed by atoms with Gasteiger partial charge in [0.15, 0.2) is 0 Å². The maximum Gasteiger partial charge on any atom is 0.362 e. The Balaban J connectivity index is 3.53. The van der Waals surface area contributed by atoms with E-state index in [1.165, 1.54) is 96.3 Å². The number of nitrogens with zero attached hydrogens (tertiary/aromatic N) is 1. The first-order valence-electron chi connectivity index (χ1n) is 14.4. The molecule has 0 aliphatic carbocycles. The van der Waals surface area contributed by atoms with Crippen molar-refractivity contribution in [1.29, 1.82) is 0 Å². The Morgan fingerprint density at radius 2 is 1.00 bits per heavy atom. The standard InChI is InChI=1S/C29H58NO4P/c1-5-6-7-8-9-10-11-12-13-14-15-16-17-18-19-20-21-22-23-24-25-26-27-29(31,35(32,33)34)28-30(2,3)4/h7-8,12-13,31H,5-6,9-11,14-28H2,1-4H3,(H-,32,33,34)/p+1/b8-7-,13-12-. The third-order valence-corrected chi connectivity index (χ3v) is 7.95. The third-order valence-electron chi connectivity index (χ3n) is 6.50. The van der Waals surface area contributed by atoms with Gasteiger partial charge in [-0.2, -0.15) is 0 Å². The molecule has 0 aliphatic heterocycles. The second kappa shape index (κ2) is 20.6. The van der Waals surface area contributed by atoms with E-state index in [2.05, 4.69) is 31.2 Å². The van der Waals surface area contributed by atoms with Gasteiger partial charge in [0.05, 0.1) is 21.1 Å². The highest BCUT2D eigenvalue weighted by molar-refractivity contribution is 7.53. The van der Waals surface area contributed by atoms with E-state index in [1.54, 1.807) is 0 Å². The van der Waals surface area contributed by atoms with Crippen molar-refractivity contribution in [3.63, 3.8) is 0 Å². The molecule has 208 valence electrons. The van der Waals surface area contributed by atoms with E-state index >= 15 is 0 Å². The van der Waals surface area contributed by atoms with Crippen LogP contribution in [0, 0.1) is 0 Å². The van der Waals surface area contributed by atoms with Crippen LogP contribution in [-0.2, 0) is 4.57 Å². The first kappa shape index (κ1) is 34.6. The molecule has 35 heavy (non-hydrogen) atoms. The summed E-state index contributed by atoms with van der Waals surface area (Å²) in [4.78, 5) is 19.2. The molecule has 0 fully saturated rings. The minimum absolute atomic E-state index is 0.0608. The van der Waals surface area contributed by atoms with Crippen LogP contribution in [0.5, 0.6) is 0 Å². The van der Waals surface area contributed by atoms with Crippen molar-refractivity contribution >= 4 is 7.60 Å². The fourth-order valence-electron chi connectivity index (χ4n) is 4.51. The summed E-state index contributed by atoms with van der Waals surface area (Å²) >= 11 is 0. The molecular formula is C29H59NO4P+. The molecule has 3 N–H and O–H groups in total. The Morgan fingerprint density at radius 3 is 1.40 bits per heavy atom. The van der Waals surface area contributed by atoms with Crippen molar-refractivity contribution in [3.8, 4) is 0 Å². The second-order valence-electron chi connectivity index (χ2n) is 11.4. The molecule has 0 saturated heterocycles. The van der Waals surface area contributed by atoms with Crippen LogP contribution in [0.2, 0.25) is 0 Å². The monoisotopic (exact) mass is 516 g/mol. The number of aliphatic hydroxyl groups is 1. The predicted molar refractivity (Wildman–Crippen MR) is 152 cm³/mol. The molecule has 1 unspecified atom stereocenters. The van der Waals surface area contributed by atoms with Crippen LogP contribution in [0.3, 0.4) is 0 Å². The third kappa shape index (κ3) is 21.4. The molecule has 0 radical (unpaired) electrons. The van der Waals surface area contributed by atoms with Gasteiger partial charge in [0.2, 0.25) is 5.34 Å². The van der Waals surface area contributed by atoms with Crippen molar-refractivity contribution in [1.82, 2.24) is 0 Å². The van der Waals surface area contributed by atoms with Crippen molar-refractivity contribution < 1.29 is 23.9 Å². The average Bonchev–Trinajstić information content (AvgIpc) is 2.75. The first-order chi connectivity index (χ1) is 16.5. The zero-order valence-electron chi connectivity index (χ0n) is 23.6. The fourth-order valence-corrected chi connectivity index (χ4v) is 5.56. The lowest BCUT2D eigenvalue weighted by molar-refractivity contribution is -0.875. The van der Waals surface area contributed by atoms with E-state index in [0.29, 0.717) is 10.9 Å². The summed E-state index contributed by atoms with van der Waals surface area (Å²) < 4.78 is 12.1. The molecule has 0 aromatic carbocycles. The van der Waals surface area contributed by atoms with E-state index in [0.717, 1.165) is 12.8 Å². The Morgan fingerprint density at radius 1 is 0.629 bits per heavy atom. The fraction of sp³-hybridized carbons (Fsp3) is 0.862. The highest BCUT2D eigenvalue weighted by atomic mass is 31.2. The van der Waals surface area contributed by atoms with Gasteiger partial charge in [-0.3, -0.25) is 4.57 Å². The minimum atomic E-state index is -4.55. The Hall–Kier alpha value is -0.450. The SMILES string of the molecule is CCC/C=C\CCC/C=C\CCCCCCCCCCCCCCC(O)(C[N+](C)(C)C)P(=O)(O)O. The normalized spacial score (nSPS) is 14.8. The smallest absolute Gasteiger partial charge is 0.362 e. The highest BCUT2D eigenvalue weighted by Gasteiger charge is 2.48. The molecule has 6 heteroatoms. The molecule has 0 bridgehead atoms. The quantitative estimate of drug-likeness (QED) is 0.0524. The summed E-state index contributed by atoms with van der Waals surface area (Å²) in [5.74, 6) is 0. The van der Waals surface area contributed by atoms with Gasteiger partial charge in [0.25, 0.3) is 0 Å². The molecule has 0 aromatic heterocycles. The second-order valence-corrected chi connectivity index (χ2v) is 13.3. The molecule has 0 saturated carbocycles. The summed E-state index contributed by atoms with van der Waals surface area (Å²) in [6, 6.07) is 0. The van der Waals surface area contributed by atoms with Gasteiger partial charge < -0.3 is 19.4 Å². The van der Waals surface area contributed by atoms with Crippen LogP contribution >= 0.6 is 7.60 Å². The Bertz CT molecular complexity index is 594. The van der Waals surface area contributed by atoms with Crippen molar-refractivity contribution in [2.45, 2.75) is 134 Å². The Labute approximate surface area is 217 Å². The van der Waals surface area contributed by atoms with Gasteiger partial charge >= 0.3 is 7.60 Å². The zero-order valence-corrected chi connectivity index (χ0v) is 24.5. The lowest BCUT2D eigenvalue weighted by Gasteiger charge is -2.35. The molecule has 0 heterocycles. The van der Waals surface area contributed by atoms with Crippen LogP contribution in [0.4, 0.5) is 0 Å². The van der Waals surface area contributed by atoms with Crippen molar-refractivity contribution in [2.75, 3.05) is 27.7 Å². The van der Waals surface area contributed by atoms with E-state index in [9.17, 15) is 19.5 Å². The van der Waals surface area contributed by atoms with Crippen LogP contribution in [0.15, 0.2) is 24.3 Å². The summed E-state index contributed by atoms with van der Waals surface area (Å²) in [6.45, 7) is 2.28. The number of unbranched alkanes of at least 4 members (excludes halogenated alkanes) is 15. The lowest BCUT2D eigenvalue weighted by atomic mass is 10.0. The minimum Gasteiger partial charge on any atom is -0.373 e. The maximum atomic E-state index is 11.8. The largest absolute Gasteiger partial charge is 0.373 e. The van der Waals surface area contributed by atoms with E-state index in [-0.39, 0.29) is 13.0 Å². The number of hydrogen-bond acceptors (Lipinski definition) is 2. The van der Waals surface area contributed by atoms with Gasteiger partial charge in [0, 0.05) is 0 Å². The van der Waals surface area contributed by atoms with Gasteiger partial charge in [-0.25, -0.2) is 0 Å². The Kier molecular flexibility index (Phi) is 20.3. The number of allylic oxidation sites excluding steroid dienone is 4. The first-order valence-corrected chi connectivity index (χ1v) is 16.0.